The molecular formula is C19H36O2S. The number of thioether (sulfide) groups is 1. The number of carbonyl (C=O) groups excluding carboxylic acids is 1. The van der Waals surface area contributed by atoms with Crippen molar-refractivity contribution in [3.63, 3.8) is 0 Å². The summed E-state index contributed by atoms with van der Waals surface area (Å²) >= 11 is 2.09. The minimum absolute atomic E-state index is 0.00899. The molecule has 22 heavy (non-hydrogen) atoms. The molecule has 1 aliphatic heterocycles. The maximum absolute atomic E-state index is 11.6. The van der Waals surface area contributed by atoms with Crippen molar-refractivity contribution in [3.8, 4) is 0 Å². The third kappa shape index (κ3) is 12.4. The Bertz CT molecular complexity index is 268. The van der Waals surface area contributed by atoms with Crippen LogP contribution in [0.4, 0.5) is 0 Å². The molecule has 0 spiro atoms. The van der Waals surface area contributed by atoms with Crippen molar-refractivity contribution in [2.24, 2.45) is 0 Å². The van der Waals surface area contributed by atoms with E-state index in [1.807, 2.05) is 0 Å². The standard InChI is InChI=1S/C19H36O2S/c1-18-14-13-16-21-19(20)15-11-9-7-5-3-2-4-6-8-10-12-17-22-18/h18H,2-17H2,1H3. The molecule has 1 unspecified atom stereocenters. The molecule has 1 rings (SSSR count). The third-order valence-electron chi connectivity index (χ3n) is 4.45. The summed E-state index contributed by atoms with van der Waals surface area (Å²) in [6.45, 7) is 2.92. The molecule has 1 atom stereocenters. The highest BCUT2D eigenvalue weighted by Crippen LogP contribution is 2.19. The van der Waals surface area contributed by atoms with Gasteiger partial charge in [-0.2, -0.15) is 11.8 Å². The van der Waals surface area contributed by atoms with E-state index in [0.717, 1.165) is 19.3 Å². The first kappa shape index (κ1) is 19.9. The number of esters is 1. The second-order valence-corrected chi connectivity index (χ2v) is 8.23. The number of hydrogen-bond donors (Lipinski definition) is 0. The van der Waals surface area contributed by atoms with Gasteiger partial charge in [-0.15, -0.1) is 0 Å². The lowest BCUT2D eigenvalue weighted by molar-refractivity contribution is -0.143. The molecule has 130 valence electrons. The summed E-state index contributed by atoms with van der Waals surface area (Å²) in [6.07, 6.45) is 17.4. The van der Waals surface area contributed by atoms with Crippen molar-refractivity contribution in [3.05, 3.63) is 0 Å². The van der Waals surface area contributed by atoms with Crippen LogP contribution in [0.1, 0.15) is 96.8 Å². The Morgan fingerprint density at radius 1 is 0.818 bits per heavy atom. The molecule has 0 aromatic heterocycles. The monoisotopic (exact) mass is 328 g/mol. The average molecular weight is 329 g/mol. The SMILES string of the molecule is CC1CCCOC(=O)CCCCCCCCCCCCCS1. The topological polar surface area (TPSA) is 26.3 Å². The number of rotatable bonds is 0. The smallest absolute Gasteiger partial charge is 0.305 e. The molecular weight excluding hydrogens is 292 g/mol. The zero-order valence-electron chi connectivity index (χ0n) is 14.6. The summed E-state index contributed by atoms with van der Waals surface area (Å²) in [6, 6.07) is 0. The van der Waals surface area contributed by atoms with Crippen LogP contribution in [-0.2, 0) is 9.53 Å². The van der Waals surface area contributed by atoms with Crippen molar-refractivity contribution in [2.75, 3.05) is 12.4 Å². The Balaban J connectivity index is 2.17. The van der Waals surface area contributed by atoms with Gasteiger partial charge in [-0.3, -0.25) is 4.79 Å². The van der Waals surface area contributed by atoms with E-state index in [0.29, 0.717) is 18.3 Å². The first-order valence-corrected chi connectivity index (χ1v) is 10.6. The highest BCUT2D eigenvalue weighted by molar-refractivity contribution is 7.99. The van der Waals surface area contributed by atoms with Gasteiger partial charge >= 0.3 is 5.97 Å². The van der Waals surface area contributed by atoms with Gasteiger partial charge in [-0.1, -0.05) is 64.7 Å². The van der Waals surface area contributed by atoms with E-state index in [2.05, 4.69) is 18.7 Å². The van der Waals surface area contributed by atoms with E-state index < -0.39 is 0 Å². The van der Waals surface area contributed by atoms with Gasteiger partial charge in [-0.25, -0.2) is 0 Å². The first-order valence-electron chi connectivity index (χ1n) is 9.56. The third-order valence-corrected chi connectivity index (χ3v) is 5.77. The molecule has 0 amide bonds. The molecule has 1 fully saturated rings. The van der Waals surface area contributed by atoms with Gasteiger partial charge in [0.15, 0.2) is 0 Å². The summed E-state index contributed by atoms with van der Waals surface area (Å²) < 4.78 is 5.32. The molecule has 1 heterocycles. The summed E-state index contributed by atoms with van der Waals surface area (Å²) in [5, 5.41) is 0.698. The van der Waals surface area contributed by atoms with Crippen LogP contribution in [0.3, 0.4) is 0 Å². The summed E-state index contributed by atoms with van der Waals surface area (Å²) in [7, 11) is 0. The first-order chi connectivity index (χ1) is 10.8. The largest absolute Gasteiger partial charge is 0.466 e. The zero-order valence-corrected chi connectivity index (χ0v) is 15.4. The second kappa shape index (κ2) is 14.4. The Morgan fingerprint density at radius 2 is 1.36 bits per heavy atom. The van der Waals surface area contributed by atoms with Crippen molar-refractivity contribution in [2.45, 2.75) is 102 Å². The lowest BCUT2D eigenvalue weighted by Gasteiger charge is -2.11. The summed E-state index contributed by atoms with van der Waals surface area (Å²) in [4.78, 5) is 11.6. The van der Waals surface area contributed by atoms with Crippen LogP contribution in [-0.4, -0.2) is 23.6 Å². The number of hydrogen-bond acceptors (Lipinski definition) is 3. The van der Waals surface area contributed by atoms with E-state index in [-0.39, 0.29) is 5.97 Å². The minimum atomic E-state index is 0.00899. The number of ether oxygens (including phenoxy) is 1. The molecule has 3 heteroatoms. The Labute approximate surface area is 142 Å². The Morgan fingerprint density at radius 3 is 2.00 bits per heavy atom. The van der Waals surface area contributed by atoms with E-state index in [9.17, 15) is 4.79 Å². The van der Waals surface area contributed by atoms with E-state index in [1.165, 1.54) is 70.0 Å². The van der Waals surface area contributed by atoms with Gasteiger partial charge in [0.1, 0.15) is 0 Å². The number of cyclic esters (lactones) is 1. The van der Waals surface area contributed by atoms with Gasteiger partial charge in [-0.05, 0) is 31.4 Å². The lowest BCUT2D eigenvalue weighted by Crippen LogP contribution is -2.07. The van der Waals surface area contributed by atoms with Crippen molar-refractivity contribution in [1.82, 2.24) is 0 Å². The van der Waals surface area contributed by atoms with Gasteiger partial charge in [0.25, 0.3) is 0 Å². The molecule has 0 bridgehead atoms. The zero-order chi connectivity index (χ0) is 15.9. The predicted molar refractivity (Wildman–Crippen MR) is 97.5 cm³/mol. The molecule has 0 aliphatic carbocycles. The summed E-state index contributed by atoms with van der Waals surface area (Å²) in [5.74, 6) is 1.30. The average Bonchev–Trinajstić information content (AvgIpc) is 2.51. The van der Waals surface area contributed by atoms with Crippen molar-refractivity contribution in [1.29, 1.82) is 0 Å². The van der Waals surface area contributed by atoms with Crippen molar-refractivity contribution < 1.29 is 9.53 Å². The van der Waals surface area contributed by atoms with Crippen LogP contribution in [0, 0.1) is 0 Å². The minimum Gasteiger partial charge on any atom is -0.466 e. The van der Waals surface area contributed by atoms with Gasteiger partial charge in [0, 0.05) is 11.7 Å². The maximum atomic E-state index is 11.6. The van der Waals surface area contributed by atoms with Crippen LogP contribution in [0.15, 0.2) is 0 Å². The fraction of sp³-hybridized carbons (Fsp3) is 0.947. The number of carbonyl (C=O) groups is 1. The Kier molecular flexibility index (Phi) is 13.0. The van der Waals surface area contributed by atoms with E-state index in [1.54, 1.807) is 0 Å². The Hall–Kier alpha value is -0.180. The maximum Gasteiger partial charge on any atom is 0.305 e. The molecule has 0 N–H and O–H groups in total. The van der Waals surface area contributed by atoms with E-state index >= 15 is 0 Å². The van der Waals surface area contributed by atoms with Crippen LogP contribution in [0.2, 0.25) is 0 Å². The van der Waals surface area contributed by atoms with Gasteiger partial charge in [0.05, 0.1) is 6.61 Å². The molecule has 1 saturated heterocycles. The molecule has 2 nitrogen and oxygen atoms in total. The van der Waals surface area contributed by atoms with Crippen LogP contribution >= 0.6 is 11.8 Å². The molecule has 0 saturated carbocycles. The highest BCUT2D eigenvalue weighted by atomic mass is 32.2. The van der Waals surface area contributed by atoms with Gasteiger partial charge < -0.3 is 4.74 Å². The van der Waals surface area contributed by atoms with Gasteiger partial charge in [0.2, 0.25) is 0 Å². The normalized spacial score (nSPS) is 26.0. The van der Waals surface area contributed by atoms with Crippen molar-refractivity contribution >= 4 is 17.7 Å². The molecule has 0 aromatic carbocycles. The van der Waals surface area contributed by atoms with Crippen LogP contribution < -0.4 is 0 Å². The lowest BCUT2D eigenvalue weighted by atomic mass is 10.1. The summed E-state index contributed by atoms with van der Waals surface area (Å²) in [5.41, 5.74) is 0. The molecule has 0 aromatic rings. The quantitative estimate of drug-likeness (QED) is 0.501. The fourth-order valence-electron chi connectivity index (χ4n) is 2.96. The molecule has 1 aliphatic rings. The van der Waals surface area contributed by atoms with Crippen LogP contribution in [0.25, 0.3) is 0 Å². The molecule has 0 radical (unpaired) electrons. The second-order valence-electron chi connectivity index (χ2n) is 6.68. The predicted octanol–water partition coefficient (Wildman–Crippen LogP) is 6.13. The fourth-order valence-corrected chi connectivity index (χ4v) is 4.07. The highest BCUT2D eigenvalue weighted by Gasteiger charge is 2.06. The van der Waals surface area contributed by atoms with E-state index in [4.69, 9.17) is 4.74 Å². The van der Waals surface area contributed by atoms with Crippen LogP contribution in [0.5, 0.6) is 0 Å².